The lowest BCUT2D eigenvalue weighted by atomic mass is 10.8. The van der Waals surface area contributed by atoms with Crippen LogP contribution >= 0.6 is 0 Å². The molecular formula is C12H30O4Si2. The summed E-state index contributed by atoms with van der Waals surface area (Å²) in [7, 11) is -0.784. The van der Waals surface area contributed by atoms with E-state index in [1.54, 1.807) is 0 Å². The number of ether oxygens (including phenoxy) is 4. The molecule has 0 aromatic carbocycles. The molecule has 0 atom stereocenters. The van der Waals surface area contributed by atoms with Crippen LogP contribution in [0.1, 0.15) is 34.6 Å². The summed E-state index contributed by atoms with van der Waals surface area (Å²) in [5, 5.41) is 0.719. The van der Waals surface area contributed by atoms with Crippen LogP contribution in [0.25, 0.3) is 0 Å². The Kier molecular flexibility index (Phi) is 12.5. The third-order valence-electron chi connectivity index (χ3n) is 2.60. The fraction of sp³-hybridized carbons (Fsp3) is 1.00. The van der Waals surface area contributed by atoms with E-state index in [9.17, 15) is 0 Å². The van der Waals surface area contributed by atoms with E-state index >= 15 is 0 Å². The summed E-state index contributed by atoms with van der Waals surface area (Å²) >= 11 is 0. The summed E-state index contributed by atoms with van der Waals surface area (Å²) in [6.45, 7) is 13.3. The molecule has 0 saturated carbocycles. The van der Waals surface area contributed by atoms with Crippen LogP contribution in [-0.4, -0.2) is 57.3 Å². The topological polar surface area (TPSA) is 36.9 Å². The Morgan fingerprint density at radius 2 is 0.944 bits per heavy atom. The minimum absolute atomic E-state index is 0.0615. The van der Waals surface area contributed by atoms with Crippen molar-refractivity contribution in [2.24, 2.45) is 0 Å². The molecule has 0 unspecified atom stereocenters. The van der Waals surface area contributed by atoms with Crippen molar-refractivity contribution in [2.45, 2.75) is 51.6 Å². The highest BCUT2D eigenvalue weighted by Crippen LogP contribution is 2.09. The Hall–Kier alpha value is 0.274. The largest absolute Gasteiger partial charge is 0.357 e. The molecule has 0 saturated heterocycles. The molecule has 0 aromatic heterocycles. The number of rotatable bonds is 12. The van der Waals surface area contributed by atoms with Gasteiger partial charge in [0.25, 0.3) is 0 Å². The van der Waals surface area contributed by atoms with E-state index in [0.717, 1.165) is 31.6 Å². The van der Waals surface area contributed by atoms with Gasteiger partial charge in [-0.3, -0.25) is 0 Å². The first-order valence-corrected chi connectivity index (χ1v) is 10.4. The summed E-state index contributed by atoms with van der Waals surface area (Å²) in [6.07, 6.45) is 0. The fourth-order valence-electron chi connectivity index (χ4n) is 1.87. The molecule has 0 aliphatic heterocycles. The summed E-state index contributed by atoms with van der Waals surface area (Å²) in [5.41, 5.74) is 0. The summed E-state index contributed by atoms with van der Waals surface area (Å²) in [5.74, 6) is 0.123. The van der Waals surface area contributed by atoms with Crippen LogP contribution in [-0.2, 0) is 18.9 Å². The first-order chi connectivity index (χ1) is 8.67. The Bertz CT molecular complexity index is 153. The standard InChI is InChI=1S/C12H30O4Si2/c1-6-13-11(14-7-2)17-10(5)18-12(15-8-3)16-9-4/h10-12H,6-9,17-18H2,1-5H3. The van der Waals surface area contributed by atoms with Crippen LogP contribution in [0.15, 0.2) is 0 Å². The van der Waals surface area contributed by atoms with Crippen molar-refractivity contribution in [1.29, 1.82) is 0 Å². The van der Waals surface area contributed by atoms with Gasteiger partial charge in [-0.25, -0.2) is 0 Å². The van der Waals surface area contributed by atoms with Gasteiger partial charge in [-0.15, -0.1) is 0 Å². The Morgan fingerprint density at radius 3 is 1.17 bits per heavy atom. The van der Waals surface area contributed by atoms with Gasteiger partial charge in [0, 0.05) is 26.4 Å². The normalized spacial score (nSPS) is 14.8. The van der Waals surface area contributed by atoms with Gasteiger partial charge in [0.2, 0.25) is 0 Å². The Morgan fingerprint density at radius 1 is 0.667 bits per heavy atom. The summed E-state index contributed by atoms with van der Waals surface area (Å²) < 4.78 is 22.5. The lowest BCUT2D eigenvalue weighted by Crippen LogP contribution is -2.34. The van der Waals surface area contributed by atoms with Crippen LogP contribution in [0, 0.1) is 0 Å². The molecule has 6 heteroatoms. The highest BCUT2D eigenvalue weighted by Gasteiger charge is 2.19. The Labute approximate surface area is 116 Å². The predicted molar refractivity (Wildman–Crippen MR) is 80.6 cm³/mol. The molecule has 0 bridgehead atoms. The molecule has 0 rings (SSSR count). The van der Waals surface area contributed by atoms with Gasteiger partial charge in [0.05, 0.1) is 19.0 Å². The second-order valence-electron chi connectivity index (χ2n) is 4.26. The summed E-state index contributed by atoms with van der Waals surface area (Å²) in [6, 6.07) is 0. The first kappa shape index (κ1) is 18.3. The van der Waals surface area contributed by atoms with Crippen LogP contribution in [0.5, 0.6) is 0 Å². The molecule has 18 heavy (non-hydrogen) atoms. The molecule has 0 spiro atoms. The van der Waals surface area contributed by atoms with Gasteiger partial charge in [-0.1, -0.05) is 12.1 Å². The number of hydrogen-bond acceptors (Lipinski definition) is 4. The van der Waals surface area contributed by atoms with Crippen molar-refractivity contribution >= 4 is 19.0 Å². The molecule has 0 N–H and O–H groups in total. The van der Waals surface area contributed by atoms with E-state index in [-0.39, 0.29) is 11.8 Å². The van der Waals surface area contributed by atoms with Gasteiger partial charge >= 0.3 is 0 Å². The zero-order valence-corrected chi connectivity index (χ0v) is 15.4. The predicted octanol–water partition coefficient (Wildman–Crippen LogP) is 0.803. The molecule has 0 aromatic rings. The highest BCUT2D eigenvalue weighted by atomic mass is 28.3. The summed E-state index contributed by atoms with van der Waals surface area (Å²) in [4.78, 5) is 0. The zero-order valence-electron chi connectivity index (χ0n) is 12.6. The molecule has 4 nitrogen and oxygen atoms in total. The van der Waals surface area contributed by atoms with Crippen LogP contribution in [0.2, 0.25) is 5.16 Å². The lowest BCUT2D eigenvalue weighted by molar-refractivity contribution is -0.0854. The van der Waals surface area contributed by atoms with Gasteiger partial charge in [-0.05, 0) is 27.7 Å². The van der Waals surface area contributed by atoms with E-state index in [2.05, 4.69) is 6.92 Å². The van der Waals surface area contributed by atoms with E-state index in [1.165, 1.54) is 0 Å². The van der Waals surface area contributed by atoms with Crippen molar-refractivity contribution in [3.63, 3.8) is 0 Å². The fourth-order valence-corrected chi connectivity index (χ4v) is 7.07. The minimum Gasteiger partial charge on any atom is -0.357 e. The molecule has 0 radical (unpaired) electrons. The monoisotopic (exact) mass is 294 g/mol. The Balaban J connectivity index is 4.05. The van der Waals surface area contributed by atoms with Crippen molar-refractivity contribution in [3.05, 3.63) is 0 Å². The van der Waals surface area contributed by atoms with Crippen LogP contribution < -0.4 is 0 Å². The second-order valence-corrected chi connectivity index (χ2v) is 10.5. The number of hydrogen-bond donors (Lipinski definition) is 0. The second kappa shape index (κ2) is 12.3. The van der Waals surface area contributed by atoms with E-state index in [4.69, 9.17) is 18.9 Å². The SMILES string of the molecule is CCOC(OCC)[SiH2]C(C)[SiH2]C(OCC)OCC. The van der Waals surface area contributed by atoms with E-state index in [1.807, 2.05) is 27.7 Å². The minimum atomic E-state index is -0.392. The first-order valence-electron chi connectivity index (χ1n) is 7.14. The van der Waals surface area contributed by atoms with Crippen LogP contribution in [0.4, 0.5) is 0 Å². The molecular weight excluding hydrogens is 264 g/mol. The molecule has 0 amide bonds. The zero-order chi connectivity index (χ0) is 13.8. The average Bonchev–Trinajstić information content (AvgIpc) is 2.30. The van der Waals surface area contributed by atoms with Crippen molar-refractivity contribution in [3.8, 4) is 0 Å². The van der Waals surface area contributed by atoms with Gasteiger partial charge in [0.1, 0.15) is 11.8 Å². The van der Waals surface area contributed by atoms with Crippen molar-refractivity contribution in [1.82, 2.24) is 0 Å². The highest BCUT2D eigenvalue weighted by molar-refractivity contribution is 6.59. The van der Waals surface area contributed by atoms with E-state index < -0.39 is 19.0 Å². The molecule has 0 heterocycles. The lowest BCUT2D eigenvalue weighted by Gasteiger charge is -2.23. The van der Waals surface area contributed by atoms with E-state index in [0.29, 0.717) is 0 Å². The smallest absolute Gasteiger partial charge is 0.134 e. The third kappa shape index (κ3) is 9.24. The van der Waals surface area contributed by atoms with Crippen molar-refractivity contribution in [2.75, 3.05) is 26.4 Å². The van der Waals surface area contributed by atoms with Gasteiger partial charge < -0.3 is 18.9 Å². The quantitative estimate of drug-likeness (QED) is 0.394. The van der Waals surface area contributed by atoms with Gasteiger partial charge in [0.15, 0.2) is 0 Å². The molecule has 0 aliphatic carbocycles. The third-order valence-corrected chi connectivity index (χ3v) is 7.92. The van der Waals surface area contributed by atoms with Crippen molar-refractivity contribution < 1.29 is 18.9 Å². The molecule has 0 aliphatic rings. The molecule has 110 valence electrons. The maximum absolute atomic E-state index is 5.63. The van der Waals surface area contributed by atoms with Gasteiger partial charge in [-0.2, -0.15) is 0 Å². The van der Waals surface area contributed by atoms with Crippen LogP contribution in [0.3, 0.4) is 0 Å². The molecule has 0 fully saturated rings. The maximum atomic E-state index is 5.63. The average molecular weight is 295 g/mol. The maximum Gasteiger partial charge on any atom is 0.134 e.